The molecule has 0 aromatic carbocycles. The first-order valence-corrected chi connectivity index (χ1v) is 6.61. The molecule has 2 rings (SSSR count). The van der Waals surface area contributed by atoms with Gasteiger partial charge in [-0.25, -0.2) is 4.98 Å². The molecule has 1 aromatic rings. The molecule has 1 fully saturated rings. The second-order valence-electron chi connectivity index (χ2n) is 4.70. The van der Waals surface area contributed by atoms with Gasteiger partial charge in [0.2, 0.25) is 0 Å². The van der Waals surface area contributed by atoms with Crippen LogP contribution in [0, 0.1) is 0 Å². The Morgan fingerprint density at radius 3 is 2.94 bits per heavy atom. The summed E-state index contributed by atoms with van der Waals surface area (Å²) >= 11 is 0. The Hall–Kier alpha value is -1.20. The van der Waals surface area contributed by atoms with Gasteiger partial charge in [0.15, 0.2) is 0 Å². The monoisotopic (exact) mass is 250 g/mol. The maximum absolute atomic E-state index is 5.35. The molecule has 0 spiro atoms. The molecule has 1 aliphatic heterocycles. The van der Waals surface area contributed by atoms with Crippen LogP contribution in [0.15, 0.2) is 12.4 Å². The number of hydrogen-bond acceptors (Lipinski definition) is 5. The van der Waals surface area contributed by atoms with E-state index in [0.29, 0.717) is 6.10 Å². The maximum atomic E-state index is 5.35. The lowest BCUT2D eigenvalue weighted by molar-refractivity contribution is 0.107. The summed E-state index contributed by atoms with van der Waals surface area (Å²) < 4.78 is 5.35. The molecule has 1 N–H and O–H groups in total. The van der Waals surface area contributed by atoms with Crippen molar-refractivity contribution in [3.63, 3.8) is 0 Å². The number of ether oxygens (including phenoxy) is 1. The van der Waals surface area contributed by atoms with Crippen LogP contribution in [0.25, 0.3) is 0 Å². The lowest BCUT2D eigenvalue weighted by Crippen LogP contribution is -2.23. The SMILES string of the molecule is CCCNc1cnc(CN2CCC(OC)C2)cn1. The standard InChI is InChI=1S/C13H22N4O/c1-3-5-14-13-8-15-11(7-16-13)9-17-6-4-12(10-17)18-2/h7-8,12H,3-6,9-10H2,1-2H3,(H,14,16). The first kappa shape index (κ1) is 13.2. The zero-order valence-electron chi connectivity index (χ0n) is 11.2. The van der Waals surface area contributed by atoms with Gasteiger partial charge in [-0.1, -0.05) is 6.92 Å². The molecule has 18 heavy (non-hydrogen) atoms. The van der Waals surface area contributed by atoms with E-state index in [0.717, 1.165) is 50.5 Å². The molecule has 0 radical (unpaired) electrons. The highest BCUT2D eigenvalue weighted by Gasteiger charge is 2.22. The van der Waals surface area contributed by atoms with Crippen molar-refractivity contribution in [1.29, 1.82) is 0 Å². The Morgan fingerprint density at radius 2 is 2.33 bits per heavy atom. The Balaban J connectivity index is 1.83. The number of rotatable bonds is 6. The fourth-order valence-corrected chi connectivity index (χ4v) is 2.14. The minimum atomic E-state index is 0.378. The molecular formula is C13H22N4O. The zero-order chi connectivity index (χ0) is 12.8. The number of aromatic nitrogens is 2. The summed E-state index contributed by atoms with van der Waals surface area (Å²) in [6, 6.07) is 0. The van der Waals surface area contributed by atoms with Crippen LogP contribution >= 0.6 is 0 Å². The molecule has 1 aromatic heterocycles. The number of nitrogens with zero attached hydrogens (tertiary/aromatic N) is 3. The van der Waals surface area contributed by atoms with Crippen LogP contribution in [-0.4, -0.2) is 47.7 Å². The third kappa shape index (κ3) is 3.65. The van der Waals surface area contributed by atoms with Crippen LogP contribution in [0.1, 0.15) is 25.5 Å². The highest BCUT2D eigenvalue weighted by atomic mass is 16.5. The predicted octanol–water partition coefficient (Wildman–Crippen LogP) is 1.52. The second-order valence-corrected chi connectivity index (χ2v) is 4.70. The van der Waals surface area contributed by atoms with Crippen molar-refractivity contribution in [2.75, 3.05) is 32.1 Å². The van der Waals surface area contributed by atoms with Crippen LogP contribution in [-0.2, 0) is 11.3 Å². The first-order valence-electron chi connectivity index (χ1n) is 6.61. The quantitative estimate of drug-likeness (QED) is 0.829. The Bertz CT molecular complexity index is 355. The van der Waals surface area contributed by atoms with Crippen molar-refractivity contribution in [2.24, 2.45) is 0 Å². The van der Waals surface area contributed by atoms with Gasteiger partial charge in [-0.2, -0.15) is 0 Å². The average molecular weight is 250 g/mol. The molecule has 1 atom stereocenters. The summed E-state index contributed by atoms with van der Waals surface area (Å²) in [6.07, 6.45) is 6.26. The van der Waals surface area contributed by atoms with Gasteiger partial charge < -0.3 is 10.1 Å². The highest BCUT2D eigenvalue weighted by molar-refractivity contribution is 5.30. The van der Waals surface area contributed by atoms with Gasteiger partial charge in [-0.3, -0.25) is 9.88 Å². The fraction of sp³-hybridized carbons (Fsp3) is 0.692. The molecule has 100 valence electrons. The predicted molar refractivity (Wildman–Crippen MR) is 71.5 cm³/mol. The third-order valence-electron chi connectivity index (χ3n) is 3.21. The molecule has 2 heterocycles. The van der Waals surface area contributed by atoms with Crippen molar-refractivity contribution in [3.05, 3.63) is 18.1 Å². The summed E-state index contributed by atoms with van der Waals surface area (Å²) in [7, 11) is 1.78. The molecule has 5 heteroatoms. The second kappa shape index (κ2) is 6.66. The zero-order valence-corrected chi connectivity index (χ0v) is 11.2. The first-order chi connectivity index (χ1) is 8.81. The Labute approximate surface area is 109 Å². The molecule has 1 aliphatic rings. The van der Waals surface area contributed by atoms with E-state index in [1.54, 1.807) is 7.11 Å². The molecule has 0 aliphatic carbocycles. The van der Waals surface area contributed by atoms with Crippen molar-refractivity contribution >= 4 is 5.82 Å². The van der Waals surface area contributed by atoms with Gasteiger partial charge in [0.1, 0.15) is 5.82 Å². The van der Waals surface area contributed by atoms with Crippen LogP contribution in [0.5, 0.6) is 0 Å². The summed E-state index contributed by atoms with van der Waals surface area (Å²) in [5.41, 5.74) is 1.02. The number of nitrogens with one attached hydrogen (secondary N) is 1. The molecule has 0 bridgehead atoms. The van der Waals surface area contributed by atoms with Crippen LogP contribution in [0.4, 0.5) is 5.82 Å². The van der Waals surface area contributed by atoms with Crippen molar-refractivity contribution < 1.29 is 4.74 Å². The number of anilines is 1. The molecule has 1 unspecified atom stereocenters. The third-order valence-corrected chi connectivity index (χ3v) is 3.21. The molecular weight excluding hydrogens is 228 g/mol. The maximum Gasteiger partial charge on any atom is 0.144 e. The lowest BCUT2D eigenvalue weighted by Gasteiger charge is -2.14. The summed E-state index contributed by atoms with van der Waals surface area (Å²) in [5.74, 6) is 0.858. The summed E-state index contributed by atoms with van der Waals surface area (Å²) in [6.45, 7) is 6.01. The number of methoxy groups -OCH3 is 1. The molecule has 0 amide bonds. The average Bonchev–Trinajstić information content (AvgIpc) is 2.86. The van der Waals surface area contributed by atoms with Gasteiger partial charge in [-0.15, -0.1) is 0 Å². The molecule has 0 saturated carbocycles. The van der Waals surface area contributed by atoms with E-state index < -0.39 is 0 Å². The van der Waals surface area contributed by atoms with Crippen LogP contribution < -0.4 is 5.32 Å². The molecule has 5 nitrogen and oxygen atoms in total. The van der Waals surface area contributed by atoms with Crippen molar-refractivity contribution in [3.8, 4) is 0 Å². The minimum Gasteiger partial charge on any atom is -0.380 e. The highest BCUT2D eigenvalue weighted by Crippen LogP contribution is 2.14. The van der Waals surface area contributed by atoms with Crippen molar-refractivity contribution in [1.82, 2.24) is 14.9 Å². The van der Waals surface area contributed by atoms with Gasteiger partial charge in [-0.05, 0) is 12.8 Å². The fourth-order valence-electron chi connectivity index (χ4n) is 2.14. The van der Waals surface area contributed by atoms with Gasteiger partial charge in [0.25, 0.3) is 0 Å². The summed E-state index contributed by atoms with van der Waals surface area (Å²) in [4.78, 5) is 11.2. The Kier molecular flexibility index (Phi) is 4.90. The Morgan fingerprint density at radius 1 is 1.44 bits per heavy atom. The smallest absolute Gasteiger partial charge is 0.144 e. The van der Waals surface area contributed by atoms with E-state index in [-0.39, 0.29) is 0 Å². The van der Waals surface area contributed by atoms with Crippen molar-refractivity contribution in [2.45, 2.75) is 32.4 Å². The van der Waals surface area contributed by atoms with E-state index in [4.69, 9.17) is 4.74 Å². The minimum absolute atomic E-state index is 0.378. The number of likely N-dealkylation sites (tertiary alicyclic amines) is 1. The normalized spacial score (nSPS) is 20.2. The van der Waals surface area contributed by atoms with E-state index in [2.05, 4.69) is 27.1 Å². The summed E-state index contributed by atoms with van der Waals surface area (Å²) in [5, 5.41) is 3.22. The molecule has 1 saturated heterocycles. The van der Waals surface area contributed by atoms with Gasteiger partial charge in [0, 0.05) is 33.3 Å². The van der Waals surface area contributed by atoms with E-state index >= 15 is 0 Å². The topological polar surface area (TPSA) is 50.3 Å². The van der Waals surface area contributed by atoms with E-state index in [9.17, 15) is 0 Å². The van der Waals surface area contributed by atoms with Crippen LogP contribution in [0.2, 0.25) is 0 Å². The van der Waals surface area contributed by atoms with E-state index in [1.165, 1.54) is 0 Å². The van der Waals surface area contributed by atoms with Gasteiger partial charge in [0.05, 0.1) is 24.2 Å². The largest absolute Gasteiger partial charge is 0.380 e. The van der Waals surface area contributed by atoms with Gasteiger partial charge >= 0.3 is 0 Å². The lowest BCUT2D eigenvalue weighted by atomic mass is 10.3. The number of hydrogen-bond donors (Lipinski definition) is 1. The van der Waals surface area contributed by atoms with Crippen LogP contribution in [0.3, 0.4) is 0 Å². The van der Waals surface area contributed by atoms with E-state index in [1.807, 2.05) is 12.4 Å².